The Hall–Kier alpha value is -0.430. The van der Waals surface area contributed by atoms with Gasteiger partial charge in [0.05, 0.1) is 5.60 Å². The lowest BCUT2D eigenvalue weighted by Gasteiger charge is -2.38. The first-order chi connectivity index (χ1) is 7.50. The third kappa shape index (κ3) is 2.54. The summed E-state index contributed by atoms with van der Waals surface area (Å²) in [5, 5.41) is 15.4. The van der Waals surface area contributed by atoms with Crippen LogP contribution in [0.2, 0.25) is 0 Å². The van der Waals surface area contributed by atoms with E-state index in [1.165, 1.54) is 20.8 Å². The van der Waals surface area contributed by atoms with Crippen molar-refractivity contribution in [2.75, 3.05) is 0 Å². The van der Waals surface area contributed by atoms with Crippen molar-refractivity contribution >= 4 is 26.0 Å². The van der Waals surface area contributed by atoms with Gasteiger partial charge in [0, 0.05) is 4.47 Å². The molecule has 0 radical (unpaired) electrons. The Labute approximate surface area is 110 Å². The largest absolute Gasteiger partial charge is 0.388 e. The summed E-state index contributed by atoms with van der Waals surface area (Å²) in [7, 11) is -3.95. The Kier molecular flexibility index (Phi) is 3.74. The first-order valence-electron chi connectivity index (χ1n) is 5.01. The van der Waals surface area contributed by atoms with Crippen LogP contribution >= 0.6 is 15.9 Å². The molecule has 1 rings (SSSR count). The normalized spacial score (nSPS) is 16.6. The number of hydrogen-bond donors (Lipinski definition) is 2. The van der Waals surface area contributed by atoms with Crippen molar-refractivity contribution in [1.82, 2.24) is 0 Å². The van der Waals surface area contributed by atoms with Crippen molar-refractivity contribution in [1.29, 1.82) is 0 Å². The third-order valence-corrected chi connectivity index (χ3v) is 5.53. The van der Waals surface area contributed by atoms with E-state index in [0.717, 1.165) is 4.47 Å². The highest BCUT2D eigenvalue weighted by Gasteiger charge is 2.50. The van der Waals surface area contributed by atoms with E-state index in [1.54, 1.807) is 24.3 Å². The highest BCUT2D eigenvalue weighted by Crippen LogP contribution is 2.39. The number of nitrogens with two attached hydrogens (primary N) is 1. The van der Waals surface area contributed by atoms with Crippen LogP contribution in [0.25, 0.3) is 0 Å². The van der Waals surface area contributed by atoms with E-state index < -0.39 is 20.4 Å². The minimum Gasteiger partial charge on any atom is -0.388 e. The van der Waals surface area contributed by atoms with E-state index in [9.17, 15) is 13.5 Å². The van der Waals surface area contributed by atoms with E-state index in [-0.39, 0.29) is 0 Å². The number of rotatable bonds is 3. The van der Waals surface area contributed by atoms with Gasteiger partial charge in [0.1, 0.15) is 4.75 Å². The Balaban J connectivity index is 3.52. The molecule has 0 bridgehead atoms. The molecule has 0 fully saturated rings. The molecule has 0 aliphatic rings. The molecule has 96 valence electrons. The van der Waals surface area contributed by atoms with Crippen molar-refractivity contribution < 1.29 is 13.5 Å². The second-order valence-electron chi connectivity index (χ2n) is 4.64. The molecule has 17 heavy (non-hydrogen) atoms. The van der Waals surface area contributed by atoms with Crippen LogP contribution in [-0.2, 0) is 14.8 Å². The Bertz CT molecular complexity index is 505. The molecule has 0 spiro atoms. The fraction of sp³-hybridized carbons (Fsp3) is 0.455. The van der Waals surface area contributed by atoms with Gasteiger partial charge in [-0.05, 0) is 38.5 Å². The smallest absolute Gasteiger partial charge is 0.221 e. The third-order valence-electron chi connectivity index (χ3n) is 3.13. The van der Waals surface area contributed by atoms with Crippen LogP contribution in [0.3, 0.4) is 0 Å². The fourth-order valence-electron chi connectivity index (χ4n) is 1.63. The number of halogens is 1. The quantitative estimate of drug-likeness (QED) is 0.889. The van der Waals surface area contributed by atoms with Gasteiger partial charge in [0.15, 0.2) is 0 Å². The molecular weight excluding hydrogens is 306 g/mol. The summed E-state index contributed by atoms with van der Waals surface area (Å²) in [6, 6.07) is 6.69. The molecule has 0 saturated carbocycles. The zero-order valence-corrected chi connectivity index (χ0v) is 12.3. The van der Waals surface area contributed by atoms with Crippen molar-refractivity contribution in [3.05, 3.63) is 34.3 Å². The van der Waals surface area contributed by atoms with Crippen LogP contribution in [0.15, 0.2) is 28.7 Å². The summed E-state index contributed by atoms with van der Waals surface area (Å²) < 4.78 is 22.9. The number of hydrogen-bond acceptors (Lipinski definition) is 3. The predicted molar refractivity (Wildman–Crippen MR) is 70.9 cm³/mol. The SMILES string of the molecule is CC(C)(O)C(C)(c1ccc(Br)cc1)S(N)(=O)=O. The van der Waals surface area contributed by atoms with Crippen molar-refractivity contribution in [3.63, 3.8) is 0 Å². The molecule has 0 aliphatic heterocycles. The zero-order valence-electron chi connectivity index (χ0n) is 9.94. The van der Waals surface area contributed by atoms with Crippen molar-refractivity contribution in [2.45, 2.75) is 31.1 Å². The lowest BCUT2D eigenvalue weighted by Crippen LogP contribution is -2.53. The van der Waals surface area contributed by atoms with Crippen molar-refractivity contribution in [3.8, 4) is 0 Å². The molecule has 1 unspecified atom stereocenters. The monoisotopic (exact) mass is 321 g/mol. The second-order valence-corrected chi connectivity index (χ2v) is 7.47. The van der Waals surface area contributed by atoms with Gasteiger partial charge in [-0.3, -0.25) is 0 Å². The second kappa shape index (κ2) is 4.35. The Morgan fingerprint density at radius 2 is 1.59 bits per heavy atom. The topological polar surface area (TPSA) is 80.4 Å². The number of primary sulfonamides is 1. The highest BCUT2D eigenvalue weighted by atomic mass is 79.9. The molecule has 1 atom stereocenters. The minimum absolute atomic E-state index is 0.454. The molecule has 6 heteroatoms. The van der Waals surface area contributed by atoms with Gasteiger partial charge in [-0.1, -0.05) is 28.1 Å². The predicted octanol–water partition coefficient (Wildman–Crippen LogP) is 1.72. The van der Waals surface area contributed by atoms with Crippen LogP contribution in [0, 0.1) is 0 Å². The van der Waals surface area contributed by atoms with Gasteiger partial charge in [0.2, 0.25) is 10.0 Å². The lowest BCUT2D eigenvalue weighted by atomic mass is 9.85. The highest BCUT2D eigenvalue weighted by molar-refractivity contribution is 9.10. The lowest BCUT2D eigenvalue weighted by molar-refractivity contribution is 0.0373. The summed E-state index contributed by atoms with van der Waals surface area (Å²) in [6.45, 7) is 4.28. The van der Waals surface area contributed by atoms with E-state index in [1.807, 2.05) is 0 Å². The molecular formula is C11H16BrNO3S. The molecule has 0 saturated heterocycles. The molecule has 0 aliphatic carbocycles. The van der Waals surface area contributed by atoms with Gasteiger partial charge >= 0.3 is 0 Å². The van der Waals surface area contributed by atoms with E-state index in [4.69, 9.17) is 5.14 Å². The average Bonchev–Trinajstić information content (AvgIpc) is 2.14. The van der Waals surface area contributed by atoms with Gasteiger partial charge in [-0.15, -0.1) is 0 Å². The molecule has 3 N–H and O–H groups in total. The maximum absolute atomic E-state index is 11.8. The fourth-order valence-corrected chi connectivity index (χ4v) is 3.06. The minimum atomic E-state index is -3.95. The van der Waals surface area contributed by atoms with E-state index in [2.05, 4.69) is 15.9 Å². The molecule has 1 aromatic carbocycles. The molecule has 0 amide bonds. The van der Waals surface area contributed by atoms with Crippen LogP contribution < -0.4 is 5.14 Å². The van der Waals surface area contributed by atoms with Gasteiger partial charge in [-0.25, -0.2) is 13.6 Å². The summed E-state index contributed by atoms with van der Waals surface area (Å²) in [4.78, 5) is 0. The number of sulfonamides is 1. The summed E-state index contributed by atoms with van der Waals surface area (Å²) >= 11 is 3.27. The number of aliphatic hydroxyl groups is 1. The molecule has 0 aromatic heterocycles. The first kappa shape index (κ1) is 14.6. The van der Waals surface area contributed by atoms with Gasteiger partial charge in [-0.2, -0.15) is 0 Å². The first-order valence-corrected chi connectivity index (χ1v) is 7.35. The summed E-state index contributed by atoms with van der Waals surface area (Å²) in [5.74, 6) is 0. The summed E-state index contributed by atoms with van der Waals surface area (Å²) in [6.07, 6.45) is 0. The summed E-state index contributed by atoms with van der Waals surface area (Å²) in [5.41, 5.74) is -1.04. The zero-order chi connectivity index (χ0) is 13.5. The van der Waals surface area contributed by atoms with Crippen LogP contribution in [-0.4, -0.2) is 19.1 Å². The van der Waals surface area contributed by atoms with Crippen LogP contribution in [0.5, 0.6) is 0 Å². The molecule has 0 heterocycles. The van der Waals surface area contributed by atoms with E-state index >= 15 is 0 Å². The van der Waals surface area contributed by atoms with Crippen molar-refractivity contribution in [2.24, 2.45) is 5.14 Å². The average molecular weight is 322 g/mol. The maximum Gasteiger partial charge on any atom is 0.221 e. The van der Waals surface area contributed by atoms with Crippen LogP contribution in [0.4, 0.5) is 0 Å². The van der Waals surface area contributed by atoms with Crippen LogP contribution in [0.1, 0.15) is 26.3 Å². The maximum atomic E-state index is 11.8. The number of benzene rings is 1. The molecule has 1 aromatic rings. The van der Waals surface area contributed by atoms with Gasteiger partial charge < -0.3 is 5.11 Å². The van der Waals surface area contributed by atoms with E-state index in [0.29, 0.717) is 5.56 Å². The Morgan fingerprint density at radius 1 is 1.18 bits per heavy atom. The standard InChI is InChI=1S/C11H16BrNO3S/c1-10(2,14)11(3,17(13,15)16)8-4-6-9(12)7-5-8/h4-7,14H,1-3H3,(H2,13,15,16). The molecule has 4 nitrogen and oxygen atoms in total. The Morgan fingerprint density at radius 3 is 1.88 bits per heavy atom. The van der Waals surface area contributed by atoms with Gasteiger partial charge in [0.25, 0.3) is 0 Å².